The quantitative estimate of drug-likeness (QED) is 0.829. The van der Waals surface area contributed by atoms with Crippen LogP contribution in [-0.2, 0) is 0 Å². The standard InChI is InChI=1S/C12H17FN2/c13-10-6-3-7-15-12(10)11(14)8-9-4-1-2-5-9/h3,6-7,9,11H,1-2,4-5,8,14H2. The Bertz CT molecular complexity index is 321. The van der Waals surface area contributed by atoms with E-state index in [2.05, 4.69) is 4.98 Å². The maximum absolute atomic E-state index is 13.4. The summed E-state index contributed by atoms with van der Waals surface area (Å²) < 4.78 is 13.4. The highest BCUT2D eigenvalue weighted by atomic mass is 19.1. The highest BCUT2D eigenvalue weighted by Crippen LogP contribution is 2.31. The van der Waals surface area contributed by atoms with Gasteiger partial charge in [0.2, 0.25) is 0 Å². The van der Waals surface area contributed by atoms with Gasteiger partial charge in [-0.05, 0) is 24.5 Å². The minimum Gasteiger partial charge on any atom is -0.323 e. The lowest BCUT2D eigenvalue weighted by atomic mass is 9.96. The molecule has 1 saturated carbocycles. The van der Waals surface area contributed by atoms with E-state index in [-0.39, 0.29) is 11.9 Å². The molecule has 0 aliphatic heterocycles. The number of pyridine rings is 1. The van der Waals surface area contributed by atoms with Crippen LogP contribution >= 0.6 is 0 Å². The van der Waals surface area contributed by atoms with Crippen molar-refractivity contribution in [2.45, 2.75) is 38.1 Å². The van der Waals surface area contributed by atoms with Crippen LogP contribution < -0.4 is 5.73 Å². The molecule has 0 radical (unpaired) electrons. The van der Waals surface area contributed by atoms with E-state index >= 15 is 0 Å². The fraction of sp³-hybridized carbons (Fsp3) is 0.583. The summed E-state index contributed by atoms with van der Waals surface area (Å²) in [4.78, 5) is 4.02. The van der Waals surface area contributed by atoms with Crippen LogP contribution in [0.2, 0.25) is 0 Å². The van der Waals surface area contributed by atoms with Gasteiger partial charge in [-0.25, -0.2) is 4.39 Å². The van der Waals surface area contributed by atoms with Crippen molar-refractivity contribution in [3.05, 3.63) is 29.8 Å². The fourth-order valence-electron chi connectivity index (χ4n) is 2.39. The van der Waals surface area contributed by atoms with Crippen LogP contribution in [0.4, 0.5) is 4.39 Å². The third kappa shape index (κ3) is 2.53. The summed E-state index contributed by atoms with van der Waals surface area (Å²) in [5.41, 5.74) is 6.39. The second-order valence-electron chi connectivity index (χ2n) is 4.36. The molecule has 1 aliphatic rings. The zero-order valence-corrected chi connectivity index (χ0v) is 8.82. The van der Waals surface area contributed by atoms with Crippen molar-refractivity contribution in [1.29, 1.82) is 0 Å². The Hall–Kier alpha value is -0.960. The molecule has 1 aromatic heterocycles. The van der Waals surface area contributed by atoms with Crippen LogP contribution in [0.15, 0.2) is 18.3 Å². The van der Waals surface area contributed by atoms with Gasteiger partial charge in [0.05, 0.1) is 11.7 Å². The van der Waals surface area contributed by atoms with Gasteiger partial charge in [-0.3, -0.25) is 4.98 Å². The van der Waals surface area contributed by atoms with Crippen molar-refractivity contribution in [2.75, 3.05) is 0 Å². The molecule has 82 valence electrons. The molecule has 1 fully saturated rings. The topological polar surface area (TPSA) is 38.9 Å². The Morgan fingerprint density at radius 1 is 1.47 bits per heavy atom. The van der Waals surface area contributed by atoms with E-state index in [9.17, 15) is 4.39 Å². The van der Waals surface area contributed by atoms with Crippen LogP contribution in [0.3, 0.4) is 0 Å². The molecular weight excluding hydrogens is 191 g/mol. The minimum absolute atomic E-state index is 0.241. The molecule has 0 amide bonds. The van der Waals surface area contributed by atoms with Crippen LogP contribution in [0.1, 0.15) is 43.8 Å². The summed E-state index contributed by atoms with van der Waals surface area (Å²) in [6.45, 7) is 0. The van der Waals surface area contributed by atoms with Crippen molar-refractivity contribution in [3.8, 4) is 0 Å². The van der Waals surface area contributed by atoms with E-state index in [0.29, 0.717) is 11.6 Å². The third-order valence-electron chi connectivity index (χ3n) is 3.20. The molecule has 1 aromatic rings. The fourth-order valence-corrected chi connectivity index (χ4v) is 2.39. The van der Waals surface area contributed by atoms with E-state index in [4.69, 9.17) is 5.73 Å². The number of aromatic nitrogens is 1. The Balaban J connectivity index is 2.00. The van der Waals surface area contributed by atoms with Crippen molar-refractivity contribution in [2.24, 2.45) is 11.7 Å². The van der Waals surface area contributed by atoms with Crippen molar-refractivity contribution in [1.82, 2.24) is 4.98 Å². The number of rotatable bonds is 3. The second kappa shape index (κ2) is 4.71. The number of hydrogen-bond donors (Lipinski definition) is 1. The van der Waals surface area contributed by atoms with Crippen LogP contribution in [0, 0.1) is 11.7 Å². The zero-order chi connectivity index (χ0) is 10.7. The summed E-state index contributed by atoms with van der Waals surface area (Å²) in [5.74, 6) is 0.393. The molecule has 0 aromatic carbocycles. The normalized spacial score (nSPS) is 19.3. The summed E-state index contributed by atoms with van der Waals surface area (Å²) >= 11 is 0. The molecule has 1 unspecified atom stereocenters. The summed E-state index contributed by atoms with van der Waals surface area (Å²) in [5, 5.41) is 0. The van der Waals surface area contributed by atoms with Gasteiger partial charge in [-0.1, -0.05) is 25.7 Å². The van der Waals surface area contributed by atoms with Crippen LogP contribution in [0.5, 0.6) is 0 Å². The van der Waals surface area contributed by atoms with Gasteiger partial charge in [0.1, 0.15) is 5.82 Å². The number of hydrogen-bond acceptors (Lipinski definition) is 2. The maximum atomic E-state index is 13.4. The molecule has 2 N–H and O–H groups in total. The monoisotopic (exact) mass is 208 g/mol. The second-order valence-corrected chi connectivity index (χ2v) is 4.36. The summed E-state index contributed by atoms with van der Waals surface area (Å²) in [6, 6.07) is 2.78. The Morgan fingerprint density at radius 3 is 2.87 bits per heavy atom. The summed E-state index contributed by atoms with van der Waals surface area (Å²) in [7, 11) is 0. The lowest BCUT2D eigenvalue weighted by Gasteiger charge is -2.15. The SMILES string of the molecule is NC(CC1CCCC1)c1ncccc1F. The zero-order valence-electron chi connectivity index (χ0n) is 8.82. The predicted octanol–water partition coefficient (Wildman–Crippen LogP) is 2.80. The van der Waals surface area contributed by atoms with Crippen molar-refractivity contribution >= 4 is 0 Å². The van der Waals surface area contributed by atoms with Gasteiger partial charge in [-0.2, -0.15) is 0 Å². The molecular formula is C12H17FN2. The van der Waals surface area contributed by atoms with E-state index in [1.807, 2.05) is 0 Å². The van der Waals surface area contributed by atoms with Crippen molar-refractivity contribution < 1.29 is 4.39 Å². The minimum atomic E-state index is -0.275. The third-order valence-corrected chi connectivity index (χ3v) is 3.20. The van der Waals surface area contributed by atoms with Crippen LogP contribution in [0.25, 0.3) is 0 Å². The lowest BCUT2D eigenvalue weighted by molar-refractivity contribution is 0.433. The van der Waals surface area contributed by atoms with Gasteiger partial charge in [0, 0.05) is 6.20 Å². The van der Waals surface area contributed by atoms with Gasteiger partial charge < -0.3 is 5.73 Å². The molecule has 0 spiro atoms. The van der Waals surface area contributed by atoms with E-state index in [1.54, 1.807) is 12.3 Å². The molecule has 1 heterocycles. The Labute approximate surface area is 89.7 Å². The van der Waals surface area contributed by atoms with Crippen LogP contribution in [-0.4, -0.2) is 4.98 Å². The Morgan fingerprint density at radius 2 is 2.20 bits per heavy atom. The molecule has 3 heteroatoms. The number of nitrogens with two attached hydrogens (primary N) is 1. The number of halogens is 1. The smallest absolute Gasteiger partial charge is 0.146 e. The first-order valence-corrected chi connectivity index (χ1v) is 5.63. The maximum Gasteiger partial charge on any atom is 0.146 e. The average Bonchev–Trinajstić information content (AvgIpc) is 2.71. The Kier molecular flexibility index (Phi) is 3.31. The van der Waals surface area contributed by atoms with E-state index in [0.717, 1.165) is 6.42 Å². The molecule has 1 aliphatic carbocycles. The lowest BCUT2D eigenvalue weighted by Crippen LogP contribution is -2.17. The molecule has 0 bridgehead atoms. The number of nitrogens with zero attached hydrogens (tertiary/aromatic N) is 1. The molecule has 1 atom stereocenters. The molecule has 2 rings (SSSR count). The van der Waals surface area contributed by atoms with E-state index in [1.165, 1.54) is 31.7 Å². The summed E-state index contributed by atoms with van der Waals surface area (Å²) in [6.07, 6.45) is 7.54. The van der Waals surface area contributed by atoms with Gasteiger partial charge >= 0.3 is 0 Å². The molecule has 0 saturated heterocycles. The first kappa shape index (κ1) is 10.6. The first-order chi connectivity index (χ1) is 7.27. The molecule has 2 nitrogen and oxygen atoms in total. The van der Waals surface area contributed by atoms with Crippen molar-refractivity contribution in [3.63, 3.8) is 0 Å². The van der Waals surface area contributed by atoms with Gasteiger partial charge in [0.25, 0.3) is 0 Å². The largest absolute Gasteiger partial charge is 0.323 e. The molecule has 15 heavy (non-hydrogen) atoms. The first-order valence-electron chi connectivity index (χ1n) is 5.63. The van der Waals surface area contributed by atoms with Gasteiger partial charge in [0.15, 0.2) is 0 Å². The highest BCUT2D eigenvalue weighted by molar-refractivity contribution is 5.11. The van der Waals surface area contributed by atoms with E-state index < -0.39 is 0 Å². The predicted molar refractivity (Wildman–Crippen MR) is 57.7 cm³/mol. The average molecular weight is 208 g/mol. The highest BCUT2D eigenvalue weighted by Gasteiger charge is 2.21. The van der Waals surface area contributed by atoms with Gasteiger partial charge in [-0.15, -0.1) is 0 Å².